The predicted octanol–water partition coefficient (Wildman–Crippen LogP) is 3.40. The molecule has 1 aliphatic heterocycles. The molecular formula is C21H22F2N2O2. The highest BCUT2D eigenvalue weighted by atomic mass is 19.1. The van der Waals surface area contributed by atoms with Crippen LogP contribution >= 0.6 is 0 Å². The largest absolute Gasteiger partial charge is 0.355 e. The van der Waals surface area contributed by atoms with Gasteiger partial charge in [-0.05, 0) is 41.3 Å². The van der Waals surface area contributed by atoms with Crippen molar-refractivity contribution in [2.45, 2.75) is 25.3 Å². The van der Waals surface area contributed by atoms with Crippen molar-refractivity contribution in [2.75, 3.05) is 13.6 Å². The Hall–Kier alpha value is -2.76. The van der Waals surface area contributed by atoms with Crippen LogP contribution in [0.4, 0.5) is 8.78 Å². The van der Waals surface area contributed by atoms with E-state index in [0.717, 1.165) is 5.56 Å². The topological polar surface area (TPSA) is 49.4 Å². The number of hydrogen-bond donors (Lipinski definition) is 1. The summed E-state index contributed by atoms with van der Waals surface area (Å²) < 4.78 is 26.7. The monoisotopic (exact) mass is 372 g/mol. The van der Waals surface area contributed by atoms with Gasteiger partial charge in [0.05, 0.1) is 12.0 Å². The Kier molecular flexibility index (Phi) is 5.54. The van der Waals surface area contributed by atoms with Gasteiger partial charge in [-0.2, -0.15) is 0 Å². The summed E-state index contributed by atoms with van der Waals surface area (Å²) in [7, 11) is 1.63. The van der Waals surface area contributed by atoms with E-state index in [2.05, 4.69) is 5.32 Å². The van der Waals surface area contributed by atoms with Crippen molar-refractivity contribution in [2.24, 2.45) is 5.92 Å². The molecule has 0 aliphatic carbocycles. The molecule has 0 radical (unpaired) electrons. The van der Waals surface area contributed by atoms with E-state index in [0.29, 0.717) is 12.1 Å². The minimum atomic E-state index is -0.579. The van der Waals surface area contributed by atoms with Crippen LogP contribution in [-0.4, -0.2) is 30.3 Å². The Balaban J connectivity index is 1.70. The van der Waals surface area contributed by atoms with Crippen LogP contribution in [0.1, 0.15) is 36.4 Å². The number of nitrogens with one attached hydrogen (secondary N) is 1. The number of amides is 2. The quantitative estimate of drug-likeness (QED) is 0.875. The van der Waals surface area contributed by atoms with Crippen LogP contribution in [0.25, 0.3) is 0 Å². The molecule has 1 heterocycles. The van der Waals surface area contributed by atoms with E-state index in [-0.39, 0.29) is 30.0 Å². The second-order valence-electron chi connectivity index (χ2n) is 7.01. The molecule has 6 heteroatoms. The summed E-state index contributed by atoms with van der Waals surface area (Å²) in [5.41, 5.74) is 1.52. The van der Waals surface area contributed by atoms with Gasteiger partial charge in [0.1, 0.15) is 11.6 Å². The molecule has 0 spiro atoms. The summed E-state index contributed by atoms with van der Waals surface area (Å²) in [6.07, 6.45) is 0.0917. The standard InChI is InChI=1S/C21H22F2N2O2/c1-13(14-6-8-16(22)9-7-14)12-24-21(27)18-11-19(26)25(2)20(18)15-4-3-5-17(23)10-15/h3-10,13,18,20H,11-12H2,1-2H3,(H,24,27). The highest BCUT2D eigenvalue weighted by molar-refractivity contribution is 5.90. The molecule has 1 saturated heterocycles. The van der Waals surface area contributed by atoms with Gasteiger partial charge in [0.25, 0.3) is 0 Å². The Morgan fingerprint density at radius 2 is 1.89 bits per heavy atom. The van der Waals surface area contributed by atoms with E-state index in [1.165, 1.54) is 29.2 Å². The zero-order valence-corrected chi connectivity index (χ0v) is 15.3. The number of benzene rings is 2. The van der Waals surface area contributed by atoms with Gasteiger partial charge in [0.15, 0.2) is 0 Å². The van der Waals surface area contributed by atoms with Gasteiger partial charge in [-0.3, -0.25) is 9.59 Å². The zero-order chi connectivity index (χ0) is 19.6. The zero-order valence-electron chi connectivity index (χ0n) is 15.3. The highest BCUT2D eigenvalue weighted by Crippen LogP contribution is 2.37. The first-order chi connectivity index (χ1) is 12.9. The molecule has 1 N–H and O–H groups in total. The maximum Gasteiger partial charge on any atom is 0.226 e. The molecule has 0 bridgehead atoms. The van der Waals surface area contributed by atoms with Gasteiger partial charge in [-0.1, -0.05) is 31.2 Å². The lowest BCUT2D eigenvalue weighted by atomic mass is 9.92. The lowest BCUT2D eigenvalue weighted by Gasteiger charge is -2.25. The van der Waals surface area contributed by atoms with E-state index >= 15 is 0 Å². The maximum absolute atomic E-state index is 13.6. The average Bonchev–Trinajstić information content (AvgIpc) is 2.95. The molecule has 3 unspecified atom stereocenters. The van der Waals surface area contributed by atoms with E-state index in [4.69, 9.17) is 0 Å². The molecule has 1 fully saturated rings. The predicted molar refractivity (Wildman–Crippen MR) is 97.8 cm³/mol. The van der Waals surface area contributed by atoms with Gasteiger partial charge in [0.2, 0.25) is 11.8 Å². The third kappa shape index (κ3) is 4.15. The minimum Gasteiger partial charge on any atom is -0.355 e. The summed E-state index contributed by atoms with van der Waals surface area (Å²) >= 11 is 0. The molecule has 1 aliphatic rings. The van der Waals surface area contributed by atoms with Crippen LogP contribution in [0.5, 0.6) is 0 Å². The average molecular weight is 372 g/mol. The number of hydrogen-bond acceptors (Lipinski definition) is 2. The highest BCUT2D eigenvalue weighted by Gasteiger charge is 2.42. The molecule has 142 valence electrons. The van der Waals surface area contributed by atoms with Crippen molar-refractivity contribution >= 4 is 11.8 Å². The normalized spacial score (nSPS) is 20.6. The van der Waals surface area contributed by atoms with E-state index < -0.39 is 17.8 Å². The second-order valence-corrected chi connectivity index (χ2v) is 7.01. The van der Waals surface area contributed by atoms with Crippen LogP contribution in [0.15, 0.2) is 48.5 Å². The number of carbonyl (C=O) groups excluding carboxylic acids is 2. The molecule has 27 heavy (non-hydrogen) atoms. The minimum absolute atomic E-state index is 0.00277. The molecule has 2 aromatic carbocycles. The summed E-state index contributed by atoms with van der Waals surface area (Å²) in [6.45, 7) is 2.30. The Morgan fingerprint density at radius 3 is 2.56 bits per heavy atom. The smallest absolute Gasteiger partial charge is 0.226 e. The Labute approximate surface area is 157 Å². The van der Waals surface area contributed by atoms with Crippen molar-refractivity contribution in [1.82, 2.24) is 10.2 Å². The van der Waals surface area contributed by atoms with Crippen LogP contribution in [0, 0.1) is 17.6 Å². The lowest BCUT2D eigenvalue weighted by molar-refractivity contribution is -0.128. The van der Waals surface area contributed by atoms with Crippen LogP contribution in [0.2, 0.25) is 0 Å². The molecule has 3 atom stereocenters. The van der Waals surface area contributed by atoms with Crippen molar-refractivity contribution in [1.29, 1.82) is 0 Å². The van der Waals surface area contributed by atoms with Gasteiger partial charge in [0, 0.05) is 20.0 Å². The molecule has 2 amide bonds. The Bertz CT molecular complexity index is 838. The SMILES string of the molecule is CC(CNC(=O)C1CC(=O)N(C)C1c1cccc(F)c1)c1ccc(F)cc1. The van der Waals surface area contributed by atoms with E-state index in [9.17, 15) is 18.4 Å². The van der Waals surface area contributed by atoms with E-state index in [1.54, 1.807) is 31.3 Å². The molecule has 0 saturated carbocycles. The first kappa shape index (κ1) is 19.0. The Morgan fingerprint density at radius 1 is 1.19 bits per heavy atom. The van der Waals surface area contributed by atoms with E-state index in [1.807, 2.05) is 6.92 Å². The maximum atomic E-state index is 13.6. The third-order valence-corrected chi connectivity index (χ3v) is 5.13. The van der Waals surface area contributed by atoms with Gasteiger partial charge >= 0.3 is 0 Å². The second kappa shape index (κ2) is 7.86. The van der Waals surface area contributed by atoms with Gasteiger partial charge in [-0.15, -0.1) is 0 Å². The number of halogens is 2. The summed E-state index contributed by atoms with van der Waals surface area (Å²) in [4.78, 5) is 26.4. The van der Waals surface area contributed by atoms with Crippen molar-refractivity contribution in [3.63, 3.8) is 0 Å². The number of likely N-dealkylation sites (tertiary alicyclic amines) is 1. The van der Waals surface area contributed by atoms with Crippen LogP contribution in [-0.2, 0) is 9.59 Å². The van der Waals surface area contributed by atoms with Crippen molar-refractivity contribution < 1.29 is 18.4 Å². The van der Waals surface area contributed by atoms with Crippen LogP contribution in [0.3, 0.4) is 0 Å². The van der Waals surface area contributed by atoms with Crippen LogP contribution < -0.4 is 5.32 Å². The fourth-order valence-corrected chi connectivity index (χ4v) is 3.55. The molecule has 2 aromatic rings. The number of carbonyl (C=O) groups is 2. The number of rotatable bonds is 5. The van der Waals surface area contributed by atoms with Crippen molar-refractivity contribution in [3.8, 4) is 0 Å². The first-order valence-corrected chi connectivity index (χ1v) is 8.91. The first-order valence-electron chi connectivity index (χ1n) is 8.91. The summed E-state index contributed by atoms with van der Waals surface area (Å²) in [6, 6.07) is 11.7. The molecular weight excluding hydrogens is 350 g/mol. The summed E-state index contributed by atoms with van der Waals surface area (Å²) in [5.74, 6) is -1.67. The molecule has 3 rings (SSSR count). The third-order valence-electron chi connectivity index (χ3n) is 5.13. The van der Waals surface area contributed by atoms with Gasteiger partial charge < -0.3 is 10.2 Å². The van der Waals surface area contributed by atoms with Crippen molar-refractivity contribution in [3.05, 3.63) is 71.3 Å². The van der Waals surface area contributed by atoms with Gasteiger partial charge in [-0.25, -0.2) is 8.78 Å². The fraction of sp³-hybridized carbons (Fsp3) is 0.333. The molecule has 4 nitrogen and oxygen atoms in total. The molecule has 0 aromatic heterocycles. The fourth-order valence-electron chi connectivity index (χ4n) is 3.55. The lowest BCUT2D eigenvalue weighted by Crippen LogP contribution is -2.36. The number of nitrogens with zero attached hydrogens (tertiary/aromatic N) is 1. The summed E-state index contributed by atoms with van der Waals surface area (Å²) in [5, 5.41) is 2.89.